The van der Waals surface area contributed by atoms with Gasteiger partial charge in [0.1, 0.15) is 16.3 Å². The third kappa shape index (κ3) is 3.84. The Morgan fingerprint density at radius 1 is 1.06 bits per heavy atom. The van der Waals surface area contributed by atoms with E-state index in [1.807, 2.05) is 39.0 Å². The van der Waals surface area contributed by atoms with Gasteiger partial charge in [0.15, 0.2) is 0 Å². The van der Waals surface area contributed by atoms with Crippen molar-refractivity contribution < 1.29 is 13.9 Å². The third-order valence-electron chi connectivity index (χ3n) is 5.86. The van der Waals surface area contributed by atoms with E-state index in [-0.39, 0.29) is 5.91 Å². The largest absolute Gasteiger partial charge is 0.496 e. The van der Waals surface area contributed by atoms with Crippen molar-refractivity contribution in [1.29, 1.82) is 0 Å². The van der Waals surface area contributed by atoms with E-state index in [0.29, 0.717) is 10.9 Å². The molecule has 3 aromatic carbocycles. The lowest BCUT2D eigenvalue weighted by atomic mass is 9.94. The smallest absolute Gasteiger partial charge is 0.250 e. The van der Waals surface area contributed by atoms with Gasteiger partial charge in [0.2, 0.25) is 11.0 Å². The number of aryl methyl sites for hydroxylation is 2. The predicted molar refractivity (Wildman–Crippen MR) is 137 cm³/mol. The lowest BCUT2D eigenvalue weighted by Crippen LogP contribution is -2.08. The van der Waals surface area contributed by atoms with E-state index in [1.54, 1.807) is 19.4 Å². The number of carbonyl (C=O) groups is 1. The van der Waals surface area contributed by atoms with Gasteiger partial charge in [0.25, 0.3) is 0 Å². The van der Waals surface area contributed by atoms with Gasteiger partial charge in [0.05, 0.1) is 13.4 Å². The van der Waals surface area contributed by atoms with Crippen LogP contribution in [0.15, 0.2) is 65.3 Å². The summed E-state index contributed by atoms with van der Waals surface area (Å²) in [5, 5.41) is 15.2. The van der Waals surface area contributed by atoms with E-state index >= 15 is 0 Å². The molecule has 170 valence electrons. The normalized spacial score (nSPS) is 11.8. The molecule has 2 aromatic heterocycles. The van der Waals surface area contributed by atoms with Crippen LogP contribution < -0.4 is 10.1 Å². The van der Waals surface area contributed by atoms with Crippen LogP contribution in [0.4, 0.5) is 5.13 Å². The Balaban J connectivity index is 1.63. The molecular weight excluding hydrogens is 446 g/mol. The van der Waals surface area contributed by atoms with Crippen molar-refractivity contribution in [2.75, 3.05) is 12.4 Å². The molecule has 0 aliphatic heterocycles. The minimum atomic E-state index is -0.269. The van der Waals surface area contributed by atoms with Crippen molar-refractivity contribution in [2.45, 2.75) is 20.8 Å². The summed E-state index contributed by atoms with van der Waals surface area (Å²) in [4.78, 5) is 12.6. The van der Waals surface area contributed by atoms with Crippen molar-refractivity contribution in [3.05, 3.63) is 77.0 Å². The van der Waals surface area contributed by atoms with E-state index < -0.39 is 0 Å². The SMILES string of the molecule is COc1c(/C(C)=C/C(=O)Nc2nnc(C)s2)cc2c(-c3cccc4ccccc34)coc2c1C. The number of allylic oxidation sites excluding steroid dienone is 1. The average Bonchev–Trinajstić information content (AvgIpc) is 3.44. The first-order valence-corrected chi connectivity index (χ1v) is 11.6. The van der Waals surface area contributed by atoms with Gasteiger partial charge in [-0.3, -0.25) is 10.1 Å². The lowest BCUT2D eigenvalue weighted by Gasteiger charge is -2.13. The second-order valence-corrected chi connectivity index (χ2v) is 9.26. The van der Waals surface area contributed by atoms with Gasteiger partial charge in [-0.25, -0.2) is 0 Å². The molecule has 0 saturated heterocycles. The van der Waals surface area contributed by atoms with Crippen LogP contribution in [0, 0.1) is 13.8 Å². The van der Waals surface area contributed by atoms with Crippen molar-refractivity contribution in [3.63, 3.8) is 0 Å². The third-order valence-corrected chi connectivity index (χ3v) is 6.61. The van der Waals surface area contributed by atoms with Crippen LogP contribution in [-0.2, 0) is 4.79 Å². The summed E-state index contributed by atoms with van der Waals surface area (Å²) >= 11 is 1.33. The van der Waals surface area contributed by atoms with E-state index in [2.05, 4.69) is 45.8 Å². The summed E-state index contributed by atoms with van der Waals surface area (Å²) in [7, 11) is 1.63. The molecule has 0 unspecified atom stereocenters. The van der Waals surface area contributed by atoms with Crippen LogP contribution in [-0.4, -0.2) is 23.2 Å². The molecule has 0 fully saturated rings. The number of nitrogens with one attached hydrogen (secondary N) is 1. The van der Waals surface area contributed by atoms with E-state index in [0.717, 1.165) is 49.2 Å². The fourth-order valence-electron chi connectivity index (χ4n) is 4.30. The molecule has 1 N–H and O–H groups in total. The van der Waals surface area contributed by atoms with Crippen LogP contribution >= 0.6 is 11.3 Å². The van der Waals surface area contributed by atoms with Gasteiger partial charge in [-0.15, -0.1) is 10.2 Å². The Labute approximate surface area is 200 Å². The maximum Gasteiger partial charge on any atom is 0.250 e. The molecule has 1 amide bonds. The number of carbonyl (C=O) groups excluding carboxylic acids is 1. The van der Waals surface area contributed by atoms with Gasteiger partial charge >= 0.3 is 0 Å². The molecule has 0 radical (unpaired) electrons. The number of hydrogen-bond acceptors (Lipinski definition) is 6. The van der Waals surface area contributed by atoms with Crippen molar-refractivity contribution in [3.8, 4) is 16.9 Å². The molecule has 0 saturated carbocycles. The van der Waals surface area contributed by atoms with E-state index in [1.165, 1.54) is 16.7 Å². The first-order valence-electron chi connectivity index (χ1n) is 10.8. The summed E-state index contributed by atoms with van der Waals surface area (Å²) in [5.41, 5.74) is 5.35. The first-order chi connectivity index (χ1) is 16.5. The molecule has 0 aliphatic rings. The molecular formula is C27H23N3O3S. The summed E-state index contributed by atoms with van der Waals surface area (Å²) in [6.07, 6.45) is 3.35. The number of rotatable bonds is 5. The Morgan fingerprint density at radius 2 is 1.85 bits per heavy atom. The second kappa shape index (κ2) is 8.76. The minimum Gasteiger partial charge on any atom is -0.496 e. The first kappa shape index (κ1) is 21.9. The van der Waals surface area contributed by atoms with Gasteiger partial charge in [0, 0.05) is 28.2 Å². The zero-order valence-electron chi connectivity index (χ0n) is 19.3. The topological polar surface area (TPSA) is 77.2 Å². The predicted octanol–water partition coefficient (Wildman–Crippen LogP) is 6.77. The number of ether oxygens (including phenoxy) is 1. The number of anilines is 1. The number of furan rings is 1. The monoisotopic (exact) mass is 469 g/mol. The van der Waals surface area contributed by atoms with Crippen LogP contribution in [0.1, 0.15) is 23.1 Å². The highest BCUT2D eigenvalue weighted by atomic mass is 32.1. The molecule has 0 spiro atoms. The molecule has 0 atom stereocenters. The number of benzene rings is 3. The van der Waals surface area contributed by atoms with E-state index in [4.69, 9.17) is 9.15 Å². The summed E-state index contributed by atoms with van der Waals surface area (Å²) in [6, 6.07) is 16.6. The molecule has 5 rings (SSSR count). The Kier molecular flexibility index (Phi) is 5.63. The number of aromatic nitrogens is 2. The number of fused-ring (bicyclic) bond motifs is 2. The zero-order chi connectivity index (χ0) is 23.8. The van der Waals surface area contributed by atoms with Crippen molar-refractivity contribution >= 4 is 49.7 Å². The maximum atomic E-state index is 12.6. The van der Waals surface area contributed by atoms with Crippen LogP contribution in [0.5, 0.6) is 5.75 Å². The Bertz CT molecular complexity index is 1570. The van der Waals surface area contributed by atoms with Crippen LogP contribution in [0.2, 0.25) is 0 Å². The van der Waals surface area contributed by atoms with Gasteiger partial charge in [-0.05, 0) is 48.7 Å². The van der Waals surface area contributed by atoms with Crippen LogP contribution in [0.25, 0.3) is 38.4 Å². The lowest BCUT2D eigenvalue weighted by molar-refractivity contribution is -0.111. The van der Waals surface area contributed by atoms with E-state index in [9.17, 15) is 4.79 Å². The summed E-state index contributed by atoms with van der Waals surface area (Å²) in [5.74, 6) is 0.412. The highest BCUT2D eigenvalue weighted by molar-refractivity contribution is 7.15. The molecule has 0 aliphatic carbocycles. The average molecular weight is 470 g/mol. The highest BCUT2D eigenvalue weighted by Crippen LogP contribution is 2.42. The number of hydrogen-bond donors (Lipinski definition) is 1. The fourth-order valence-corrected chi connectivity index (χ4v) is 4.90. The molecule has 34 heavy (non-hydrogen) atoms. The Hall–Kier alpha value is -3.97. The van der Waals surface area contributed by atoms with Gasteiger partial charge in [-0.1, -0.05) is 53.8 Å². The molecule has 2 heterocycles. The minimum absolute atomic E-state index is 0.269. The maximum absolute atomic E-state index is 12.6. The summed E-state index contributed by atoms with van der Waals surface area (Å²) < 4.78 is 11.8. The number of amides is 1. The standard InChI is InChI=1S/C27H23N3O3S/c1-15(12-24(31)28-27-30-29-17(3)34-27)21-13-22-23(14-33-26(22)16(2)25(21)32-4)20-11-7-9-18-8-5-6-10-19(18)20/h5-14H,1-4H3,(H,28,30,31)/b15-12+. The molecule has 5 aromatic rings. The van der Waals surface area contributed by atoms with Gasteiger partial charge in [-0.2, -0.15) is 0 Å². The fraction of sp³-hybridized carbons (Fsp3) is 0.148. The number of methoxy groups -OCH3 is 1. The molecule has 6 nitrogen and oxygen atoms in total. The Morgan fingerprint density at radius 3 is 2.62 bits per heavy atom. The highest BCUT2D eigenvalue weighted by Gasteiger charge is 2.19. The zero-order valence-corrected chi connectivity index (χ0v) is 20.1. The second-order valence-electron chi connectivity index (χ2n) is 8.08. The quantitative estimate of drug-likeness (QED) is 0.287. The van der Waals surface area contributed by atoms with Crippen molar-refractivity contribution in [1.82, 2.24) is 10.2 Å². The van der Waals surface area contributed by atoms with Crippen molar-refractivity contribution in [2.24, 2.45) is 0 Å². The molecule has 0 bridgehead atoms. The molecule has 7 heteroatoms. The number of nitrogens with zero attached hydrogens (tertiary/aromatic N) is 2. The van der Waals surface area contributed by atoms with Crippen LogP contribution in [0.3, 0.4) is 0 Å². The summed E-state index contributed by atoms with van der Waals surface area (Å²) in [6.45, 7) is 5.71. The van der Waals surface area contributed by atoms with Gasteiger partial charge < -0.3 is 9.15 Å².